The minimum atomic E-state index is -1.79. The van der Waals surface area contributed by atoms with Crippen molar-refractivity contribution in [2.24, 2.45) is 0 Å². The van der Waals surface area contributed by atoms with E-state index in [9.17, 15) is 45.6 Å². The van der Waals surface area contributed by atoms with Crippen LogP contribution in [0.2, 0.25) is 0 Å². The lowest BCUT2D eigenvalue weighted by molar-refractivity contribution is -0.359. The lowest BCUT2D eigenvalue weighted by atomic mass is 9.97. The predicted molar refractivity (Wildman–Crippen MR) is 392 cm³/mol. The molecule has 0 aromatic rings. The zero-order valence-electron chi connectivity index (χ0n) is 62.0. The Bertz CT molecular complexity index is 1640. The van der Waals surface area contributed by atoms with E-state index >= 15 is 0 Å². The molecule has 12 unspecified atom stereocenters. The standard InChI is InChI=1S/C81H157NO13/c1-3-5-7-9-11-13-15-17-19-21-23-25-26-27-28-29-30-31-32-33-34-35-36-37-38-39-40-41-42-43-44-45-47-49-51-53-55-57-59-61-63-65-73(86)82-69(70(85)64-62-60-58-56-54-52-50-48-46-24-22-20-18-16-14-12-10-8-6-4-2)68-92-80-78(91)76(89)79(72(67-84)94-80)95-81-77(90)75(88)74(87)71(66-83)93-81/h62,64,69-72,74-81,83-85,87-91H,3-61,63,65-68H2,1-2H3,(H,82,86)/b64-62+. The topological polar surface area (TPSA) is 228 Å². The van der Waals surface area contributed by atoms with Gasteiger partial charge in [0.2, 0.25) is 5.91 Å². The number of carbonyl (C=O) groups is 1. The minimum Gasteiger partial charge on any atom is -0.394 e. The van der Waals surface area contributed by atoms with Gasteiger partial charge in [0.25, 0.3) is 0 Å². The molecule has 2 saturated heterocycles. The molecule has 0 spiro atoms. The van der Waals surface area contributed by atoms with Crippen molar-refractivity contribution in [1.82, 2.24) is 5.32 Å². The van der Waals surface area contributed by atoms with Crippen molar-refractivity contribution >= 4 is 5.91 Å². The van der Waals surface area contributed by atoms with Crippen molar-refractivity contribution in [3.8, 4) is 0 Å². The lowest BCUT2D eigenvalue weighted by Crippen LogP contribution is -2.65. The van der Waals surface area contributed by atoms with Gasteiger partial charge in [-0.1, -0.05) is 392 Å². The van der Waals surface area contributed by atoms with Crippen LogP contribution in [0.4, 0.5) is 0 Å². The highest BCUT2D eigenvalue weighted by atomic mass is 16.7. The highest BCUT2D eigenvalue weighted by Crippen LogP contribution is 2.30. The average molecular weight is 1350 g/mol. The molecular weight excluding hydrogens is 1190 g/mol. The molecule has 14 heteroatoms. The van der Waals surface area contributed by atoms with Crippen LogP contribution in [0.1, 0.15) is 406 Å². The molecule has 9 N–H and O–H groups in total. The molecule has 0 aliphatic carbocycles. The van der Waals surface area contributed by atoms with Gasteiger partial charge in [-0.3, -0.25) is 4.79 Å². The molecule has 564 valence electrons. The molecule has 2 rings (SSSR count). The fraction of sp³-hybridized carbons (Fsp3) is 0.963. The van der Waals surface area contributed by atoms with Crippen molar-refractivity contribution < 1.29 is 64.6 Å². The second kappa shape index (κ2) is 66.0. The molecule has 14 nitrogen and oxygen atoms in total. The Kier molecular flexibility index (Phi) is 62.4. The molecule has 0 aromatic heterocycles. The summed E-state index contributed by atoms with van der Waals surface area (Å²) in [6.07, 6.45) is 67.5. The third kappa shape index (κ3) is 49.1. The van der Waals surface area contributed by atoms with E-state index in [1.165, 1.54) is 340 Å². The summed E-state index contributed by atoms with van der Waals surface area (Å²) < 4.78 is 22.9. The van der Waals surface area contributed by atoms with Crippen LogP contribution in [-0.4, -0.2) is 140 Å². The van der Waals surface area contributed by atoms with E-state index < -0.39 is 86.8 Å². The minimum absolute atomic E-state index is 0.229. The number of nitrogens with one attached hydrogen (secondary N) is 1. The summed E-state index contributed by atoms with van der Waals surface area (Å²) in [5.41, 5.74) is 0. The first-order valence-corrected chi connectivity index (χ1v) is 41.4. The third-order valence-corrected chi connectivity index (χ3v) is 20.7. The van der Waals surface area contributed by atoms with Crippen LogP contribution in [0.3, 0.4) is 0 Å². The van der Waals surface area contributed by atoms with Gasteiger partial charge < -0.3 is 65.1 Å². The van der Waals surface area contributed by atoms with Crippen LogP contribution in [-0.2, 0) is 23.7 Å². The van der Waals surface area contributed by atoms with Gasteiger partial charge in [-0.2, -0.15) is 0 Å². The molecular formula is C81H157NO13. The molecule has 2 heterocycles. The van der Waals surface area contributed by atoms with E-state index in [1.54, 1.807) is 6.08 Å². The normalized spacial score (nSPS) is 22.3. The molecule has 1 amide bonds. The zero-order valence-corrected chi connectivity index (χ0v) is 62.0. The SMILES string of the molecule is CCCCCCCCCCCCCCCCCCCC/C=C/C(O)C(COC1OC(CO)C(OC2OC(CO)C(O)C(O)C2O)C(O)C1O)NC(=O)CCCCCCCCCCCCCCCCCCCCCCCCCCCCCCCCCCCCCCCCCCC. The Morgan fingerprint density at radius 1 is 0.368 bits per heavy atom. The number of hydrogen-bond acceptors (Lipinski definition) is 13. The number of carbonyl (C=O) groups excluding carboxylic acids is 1. The summed E-state index contributed by atoms with van der Waals surface area (Å²) in [5, 5.41) is 87.6. The van der Waals surface area contributed by atoms with E-state index in [0.29, 0.717) is 0 Å². The number of allylic oxidation sites excluding steroid dienone is 1. The predicted octanol–water partition coefficient (Wildman–Crippen LogP) is 18.9. The van der Waals surface area contributed by atoms with Crippen molar-refractivity contribution in [3.05, 3.63) is 12.2 Å². The second-order valence-electron chi connectivity index (χ2n) is 29.6. The van der Waals surface area contributed by atoms with Gasteiger partial charge in [0.15, 0.2) is 12.6 Å². The first-order valence-electron chi connectivity index (χ1n) is 41.4. The summed E-state index contributed by atoms with van der Waals surface area (Å²) in [7, 11) is 0. The maximum atomic E-state index is 13.4. The number of hydrogen-bond donors (Lipinski definition) is 9. The molecule has 0 aromatic carbocycles. The van der Waals surface area contributed by atoms with Gasteiger partial charge in [-0.15, -0.1) is 0 Å². The zero-order chi connectivity index (χ0) is 68.7. The quantitative estimate of drug-likeness (QED) is 0.0204. The first kappa shape index (κ1) is 89.8. The fourth-order valence-corrected chi connectivity index (χ4v) is 14.2. The monoisotopic (exact) mass is 1350 g/mol. The van der Waals surface area contributed by atoms with Gasteiger partial charge in [-0.05, 0) is 19.3 Å². The maximum Gasteiger partial charge on any atom is 0.220 e. The Morgan fingerprint density at radius 3 is 0.968 bits per heavy atom. The first-order chi connectivity index (χ1) is 46.6. The molecule has 2 fully saturated rings. The van der Waals surface area contributed by atoms with Crippen molar-refractivity contribution in [2.45, 2.75) is 479 Å². The number of amides is 1. The van der Waals surface area contributed by atoms with Gasteiger partial charge in [0.1, 0.15) is 48.8 Å². The number of unbranched alkanes of at least 4 members (excludes halogenated alkanes) is 58. The Labute approximate surface area is 584 Å². The molecule has 0 radical (unpaired) electrons. The molecule has 0 bridgehead atoms. The van der Waals surface area contributed by atoms with Crippen LogP contribution in [0.25, 0.3) is 0 Å². The molecule has 2 aliphatic rings. The van der Waals surface area contributed by atoms with E-state index in [4.69, 9.17) is 18.9 Å². The van der Waals surface area contributed by atoms with E-state index in [1.807, 2.05) is 6.08 Å². The molecule has 95 heavy (non-hydrogen) atoms. The second-order valence-corrected chi connectivity index (χ2v) is 29.6. The van der Waals surface area contributed by atoms with E-state index in [0.717, 1.165) is 44.9 Å². The van der Waals surface area contributed by atoms with E-state index in [2.05, 4.69) is 19.2 Å². The molecule has 12 atom stereocenters. The number of ether oxygens (including phenoxy) is 4. The van der Waals surface area contributed by atoms with Gasteiger partial charge in [0.05, 0.1) is 32.0 Å². The average Bonchev–Trinajstić information content (AvgIpc) is 0.801. The highest BCUT2D eigenvalue weighted by Gasteiger charge is 2.51. The van der Waals surface area contributed by atoms with Crippen LogP contribution in [0, 0.1) is 0 Å². The van der Waals surface area contributed by atoms with Crippen molar-refractivity contribution in [2.75, 3.05) is 19.8 Å². The Balaban J connectivity index is 1.54. The summed E-state index contributed by atoms with van der Waals surface area (Å²) >= 11 is 0. The van der Waals surface area contributed by atoms with Crippen LogP contribution < -0.4 is 5.32 Å². The van der Waals surface area contributed by atoms with E-state index in [-0.39, 0.29) is 18.9 Å². The number of aliphatic hydroxyl groups is 8. The molecule has 0 saturated carbocycles. The van der Waals surface area contributed by atoms with Crippen LogP contribution in [0.5, 0.6) is 0 Å². The largest absolute Gasteiger partial charge is 0.394 e. The Hall–Kier alpha value is -1.27. The fourth-order valence-electron chi connectivity index (χ4n) is 14.2. The highest BCUT2D eigenvalue weighted by molar-refractivity contribution is 5.76. The smallest absolute Gasteiger partial charge is 0.220 e. The van der Waals surface area contributed by atoms with Crippen LogP contribution >= 0.6 is 0 Å². The lowest BCUT2D eigenvalue weighted by Gasteiger charge is -2.46. The van der Waals surface area contributed by atoms with Gasteiger partial charge in [-0.25, -0.2) is 0 Å². The van der Waals surface area contributed by atoms with Gasteiger partial charge in [0, 0.05) is 6.42 Å². The van der Waals surface area contributed by atoms with Gasteiger partial charge >= 0.3 is 0 Å². The van der Waals surface area contributed by atoms with Crippen molar-refractivity contribution in [3.63, 3.8) is 0 Å². The van der Waals surface area contributed by atoms with Crippen molar-refractivity contribution in [1.29, 1.82) is 0 Å². The maximum absolute atomic E-state index is 13.4. The summed E-state index contributed by atoms with van der Waals surface area (Å²) in [4.78, 5) is 13.4. The number of rotatable bonds is 71. The third-order valence-electron chi connectivity index (χ3n) is 20.7. The number of aliphatic hydroxyl groups excluding tert-OH is 8. The summed E-state index contributed by atoms with van der Waals surface area (Å²) in [6, 6.07) is -0.912. The summed E-state index contributed by atoms with van der Waals surface area (Å²) in [5.74, 6) is -0.229. The Morgan fingerprint density at radius 2 is 0.653 bits per heavy atom. The summed E-state index contributed by atoms with van der Waals surface area (Å²) in [6.45, 7) is 2.87. The van der Waals surface area contributed by atoms with Crippen LogP contribution in [0.15, 0.2) is 12.2 Å². The molecule has 2 aliphatic heterocycles.